The number of carbonyl (C=O) groups is 2. The van der Waals surface area contributed by atoms with Crippen molar-refractivity contribution >= 4 is 77.9 Å². The van der Waals surface area contributed by atoms with E-state index in [2.05, 4.69) is 30.7 Å². The van der Waals surface area contributed by atoms with Crippen LogP contribution in [0.5, 0.6) is 11.8 Å². The largest absolute Gasteiger partial charge is 3.00 e. The van der Waals surface area contributed by atoms with Gasteiger partial charge in [0.15, 0.2) is 0 Å². The van der Waals surface area contributed by atoms with E-state index in [1.165, 1.54) is 26.0 Å². The number of hydrogen-bond donors (Lipinski definition) is 2. The number of azo groups is 2. The molecule has 2 heterocycles. The summed E-state index contributed by atoms with van der Waals surface area (Å²) in [6.07, 6.45) is 0. The minimum atomic E-state index is -4.12. The van der Waals surface area contributed by atoms with Gasteiger partial charge in [0.25, 0.3) is 0 Å². The molecule has 0 aliphatic heterocycles. The Hall–Kier alpha value is -5.03. The van der Waals surface area contributed by atoms with Gasteiger partial charge in [0.2, 0.25) is 20.0 Å². The van der Waals surface area contributed by atoms with Gasteiger partial charge < -0.3 is 30.0 Å². The first kappa shape index (κ1) is 49.3. The van der Waals surface area contributed by atoms with E-state index in [0.717, 1.165) is 45.8 Å². The van der Waals surface area contributed by atoms with Gasteiger partial charge in [-0.2, -0.15) is 10.2 Å². The van der Waals surface area contributed by atoms with Gasteiger partial charge in [-0.1, -0.05) is 35.3 Å². The second-order valence-electron chi connectivity index (χ2n) is 11.7. The van der Waals surface area contributed by atoms with Crippen LogP contribution in [0.4, 0.5) is 22.7 Å². The molecule has 2 aromatic heterocycles. The van der Waals surface area contributed by atoms with Crippen LogP contribution in [0.2, 0.25) is 10.0 Å². The average Bonchev–Trinajstić information content (AvgIpc) is 3.60. The SMILES string of the molecule is Cc1nn(-c2cccc(Cl)c2)c([O-])c1N=Nc1ccc(S(N)(=O)=O)cc1C(=O)[O-].Cc1nn(-c2cccc(Cl)c2)c([O-])c1N=Nc1ccc(S(N)(=O)=O)cc1C(=O)[O-].[Cr+3].[Na+]. The van der Waals surface area contributed by atoms with Gasteiger partial charge in [-0.25, -0.2) is 36.5 Å². The van der Waals surface area contributed by atoms with Crippen molar-refractivity contribution in [1.82, 2.24) is 19.6 Å². The van der Waals surface area contributed by atoms with Crippen molar-refractivity contribution in [3.63, 3.8) is 0 Å². The number of rotatable bonds is 10. The van der Waals surface area contributed by atoms with Crippen LogP contribution in [0.25, 0.3) is 11.4 Å². The third kappa shape index (κ3) is 11.6. The zero-order valence-corrected chi connectivity index (χ0v) is 37.3. The van der Waals surface area contributed by atoms with E-state index >= 15 is 0 Å². The van der Waals surface area contributed by atoms with E-state index in [0.29, 0.717) is 21.4 Å². The topological polar surface area (TPSA) is 332 Å². The van der Waals surface area contributed by atoms with Crippen molar-refractivity contribution in [2.24, 2.45) is 30.7 Å². The molecule has 4 aromatic carbocycles. The molecule has 0 unspecified atom stereocenters. The molecule has 4 N–H and O–H groups in total. The number of benzene rings is 4. The molecule has 0 amide bonds. The molecule has 0 spiro atoms. The Labute approximate surface area is 383 Å². The van der Waals surface area contributed by atoms with Crippen molar-refractivity contribution in [1.29, 1.82) is 0 Å². The first-order chi connectivity index (χ1) is 27.1. The third-order valence-electron chi connectivity index (χ3n) is 7.63. The number of aryl methyl sites for hydroxylation is 2. The van der Waals surface area contributed by atoms with Crippen molar-refractivity contribution in [3.05, 3.63) is 117 Å². The summed E-state index contributed by atoms with van der Waals surface area (Å²) >= 11 is 11.9. The Balaban J connectivity index is 0.000000310. The number of sulfonamides is 2. The number of carboxylic acids is 2. The van der Waals surface area contributed by atoms with Crippen LogP contribution >= 0.6 is 23.2 Å². The Morgan fingerprint density at radius 3 is 1.27 bits per heavy atom. The van der Waals surface area contributed by atoms with Gasteiger partial charge in [-0.15, -0.1) is 20.5 Å². The summed E-state index contributed by atoms with van der Waals surface area (Å²) in [5.41, 5.74) is -0.446. The first-order valence-electron chi connectivity index (χ1n) is 15.8. The number of aromatic nitrogens is 4. The van der Waals surface area contributed by atoms with Crippen molar-refractivity contribution in [2.45, 2.75) is 23.6 Å². The van der Waals surface area contributed by atoms with Gasteiger partial charge in [-0.05, 0) is 86.6 Å². The maximum Gasteiger partial charge on any atom is 3.00 e. The summed E-state index contributed by atoms with van der Waals surface area (Å²) in [6.45, 7) is 3.06. The van der Waals surface area contributed by atoms with Crippen LogP contribution in [0.15, 0.2) is 115 Å². The smallest absolute Gasteiger partial charge is 0.857 e. The number of nitrogens with zero attached hydrogens (tertiary/aromatic N) is 8. The second-order valence-corrected chi connectivity index (χ2v) is 15.7. The molecule has 6 aromatic rings. The van der Waals surface area contributed by atoms with E-state index in [1.54, 1.807) is 36.4 Å². The molecule has 6 rings (SSSR count). The molecule has 26 heteroatoms. The minimum Gasteiger partial charge on any atom is -0.857 e. The fourth-order valence-corrected chi connectivity index (χ4v) is 6.33. The number of nitrogens with two attached hydrogens (primary N) is 2. The monoisotopic (exact) mass is 941 g/mol. The predicted octanol–water partition coefficient (Wildman–Crippen LogP) is -0.330. The van der Waals surface area contributed by atoms with E-state index in [9.17, 15) is 46.9 Å². The molecule has 0 saturated carbocycles. The molecule has 1 radical (unpaired) electrons. The number of primary sulfonamides is 2. The molecule has 60 heavy (non-hydrogen) atoms. The second kappa shape index (κ2) is 20.0. The molecule has 0 bridgehead atoms. The number of carboxylic acid groups (broad SMARTS) is 2. The maximum atomic E-state index is 12.6. The van der Waals surface area contributed by atoms with Gasteiger partial charge in [-0.3, -0.25) is 0 Å². The predicted molar refractivity (Wildman–Crippen MR) is 198 cm³/mol. The van der Waals surface area contributed by atoms with Gasteiger partial charge in [0, 0.05) is 32.9 Å². The number of halogens is 2. The number of aromatic carboxylic acids is 2. The standard InChI is InChI=1S/2C17H14ClN5O5S.Cr.Na/c2*1-9-15(16(24)23(22-9)11-4-2-3-10(18)7-11)21-20-14-6-5-12(29(19,27)28)8-13(14)17(25)26;;/h2*2-8,24H,1H3,(H,25,26)(H2,19,27,28);;/q;;+3;+1/p-4. The molecule has 0 aliphatic rings. The van der Waals surface area contributed by atoms with E-state index in [4.69, 9.17) is 33.5 Å². The van der Waals surface area contributed by atoms with Crippen LogP contribution in [0.3, 0.4) is 0 Å². The van der Waals surface area contributed by atoms with E-state index < -0.39 is 64.7 Å². The molecule has 0 saturated heterocycles. The Morgan fingerprint density at radius 1 is 0.617 bits per heavy atom. The van der Waals surface area contributed by atoms with Gasteiger partial charge in [0.1, 0.15) is 11.4 Å². The van der Waals surface area contributed by atoms with Crippen LogP contribution in [0, 0.1) is 13.8 Å². The minimum absolute atomic E-state index is 0. The molecule has 0 atom stereocenters. The number of carbonyl (C=O) groups excluding carboxylic acids is 2. The fraction of sp³-hybridized carbons (Fsp3) is 0.0588. The van der Waals surface area contributed by atoms with Crippen LogP contribution < -0.4 is 60.3 Å². The first-order valence-corrected chi connectivity index (χ1v) is 19.7. The average molecular weight is 943 g/mol. The molecule has 20 nitrogen and oxygen atoms in total. The summed E-state index contributed by atoms with van der Waals surface area (Å²) in [5.74, 6) is -4.55. The zero-order chi connectivity index (χ0) is 42.7. The van der Waals surface area contributed by atoms with Gasteiger partial charge in [0.05, 0.1) is 55.9 Å². The normalized spacial score (nSPS) is 11.4. The Morgan fingerprint density at radius 2 is 0.967 bits per heavy atom. The summed E-state index contributed by atoms with van der Waals surface area (Å²) in [5, 5.41) is 82.0. The quantitative estimate of drug-likeness (QED) is 0.132. The summed E-state index contributed by atoms with van der Waals surface area (Å²) in [7, 11) is -8.25. The van der Waals surface area contributed by atoms with Crippen LogP contribution in [0.1, 0.15) is 32.1 Å². The van der Waals surface area contributed by atoms with Gasteiger partial charge >= 0.3 is 46.9 Å². The zero-order valence-electron chi connectivity index (χ0n) is 30.9. The fourth-order valence-electron chi connectivity index (χ4n) is 4.89. The number of hydrogen-bond acceptors (Lipinski definition) is 16. The molecule has 303 valence electrons. The third-order valence-corrected chi connectivity index (χ3v) is 9.92. The van der Waals surface area contributed by atoms with Crippen molar-refractivity contribution < 1.29 is 93.8 Å². The molecule has 0 aliphatic carbocycles. The van der Waals surface area contributed by atoms with E-state index in [-0.39, 0.29) is 81.1 Å². The summed E-state index contributed by atoms with van der Waals surface area (Å²) in [6, 6.07) is 18.8. The Bertz CT molecular complexity index is 2720. The van der Waals surface area contributed by atoms with E-state index in [1.807, 2.05) is 0 Å². The van der Waals surface area contributed by atoms with Crippen LogP contribution in [-0.2, 0) is 37.4 Å². The molecular formula is C34H24Cl2CrN10NaO10S2. The maximum absolute atomic E-state index is 12.6. The van der Waals surface area contributed by atoms with Crippen molar-refractivity contribution in [2.75, 3.05) is 0 Å². The molecular weight excluding hydrogens is 918 g/mol. The molecule has 0 fully saturated rings. The van der Waals surface area contributed by atoms with Crippen LogP contribution in [-0.4, -0.2) is 48.3 Å². The summed E-state index contributed by atoms with van der Waals surface area (Å²) in [4.78, 5) is 21.8. The Kier molecular flexibility index (Phi) is 16.5. The van der Waals surface area contributed by atoms with Crippen molar-refractivity contribution in [3.8, 4) is 23.1 Å². The summed E-state index contributed by atoms with van der Waals surface area (Å²) < 4.78 is 47.8.